The molecule has 2 amide bonds. The first-order valence-electron chi connectivity index (χ1n) is 8.46. The Morgan fingerprint density at radius 1 is 1.08 bits per heavy atom. The van der Waals surface area contributed by atoms with E-state index in [1.165, 1.54) is 19.6 Å². The smallest absolute Gasteiger partial charge is 0.257 e. The van der Waals surface area contributed by atoms with Gasteiger partial charge in [0.15, 0.2) is 11.5 Å². The van der Waals surface area contributed by atoms with Crippen LogP contribution in [-0.2, 0) is 0 Å². The Morgan fingerprint density at radius 3 is 2.42 bits per heavy atom. The van der Waals surface area contributed by atoms with Crippen LogP contribution in [0.4, 0.5) is 0 Å². The van der Waals surface area contributed by atoms with Crippen LogP contribution in [0.25, 0.3) is 0 Å². The topological polar surface area (TPSA) is 81.0 Å². The number of rotatable bonds is 5. The third kappa shape index (κ3) is 3.82. The zero-order valence-corrected chi connectivity index (χ0v) is 14.9. The summed E-state index contributed by atoms with van der Waals surface area (Å²) < 4.78 is 15.4. The number of ether oxygens (including phenoxy) is 2. The van der Waals surface area contributed by atoms with Gasteiger partial charge in [0.1, 0.15) is 6.26 Å². The number of likely N-dealkylation sites (tertiary alicyclic amines) is 1. The molecular formula is C19H22N2O5. The first-order valence-corrected chi connectivity index (χ1v) is 8.46. The molecule has 26 heavy (non-hydrogen) atoms. The summed E-state index contributed by atoms with van der Waals surface area (Å²) in [6, 6.07) is 6.76. The van der Waals surface area contributed by atoms with Gasteiger partial charge in [0.05, 0.1) is 26.0 Å². The average molecular weight is 358 g/mol. The molecule has 1 aliphatic rings. The normalized spacial score (nSPS) is 14.8. The van der Waals surface area contributed by atoms with Crippen LogP contribution in [0, 0.1) is 0 Å². The van der Waals surface area contributed by atoms with Gasteiger partial charge in [0, 0.05) is 24.7 Å². The van der Waals surface area contributed by atoms with Crippen molar-refractivity contribution in [1.82, 2.24) is 10.2 Å². The molecule has 7 nitrogen and oxygen atoms in total. The van der Waals surface area contributed by atoms with E-state index in [2.05, 4.69) is 5.32 Å². The number of nitrogens with zero attached hydrogens (tertiary/aromatic N) is 1. The van der Waals surface area contributed by atoms with Crippen molar-refractivity contribution in [2.24, 2.45) is 0 Å². The highest BCUT2D eigenvalue weighted by molar-refractivity contribution is 5.95. The van der Waals surface area contributed by atoms with E-state index in [-0.39, 0.29) is 17.9 Å². The fourth-order valence-corrected chi connectivity index (χ4v) is 3.04. The molecule has 3 rings (SSSR count). The van der Waals surface area contributed by atoms with Crippen LogP contribution in [0.1, 0.15) is 33.6 Å². The SMILES string of the molecule is COc1ccc(C(=O)NC2CCN(C(=O)c3ccoc3)CC2)cc1OC. The van der Waals surface area contributed by atoms with Gasteiger partial charge in [-0.05, 0) is 37.1 Å². The molecule has 0 radical (unpaired) electrons. The molecule has 2 heterocycles. The van der Waals surface area contributed by atoms with Crippen LogP contribution in [0.5, 0.6) is 11.5 Å². The first-order chi connectivity index (χ1) is 12.6. The van der Waals surface area contributed by atoms with Crippen molar-refractivity contribution >= 4 is 11.8 Å². The lowest BCUT2D eigenvalue weighted by molar-refractivity contribution is 0.0697. The maximum Gasteiger partial charge on any atom is 0.257 e. The monoisotopic (exact) mass is 358 g/mol. The Morgan fingerprint density at radius 2 is 1.81 bits per heavy atom. The number of carbonyl (C=O) groups excluding carboxylic acids is 2. The Labute approximate surface area is 151 Å². The molecule has 7 heteroatoms. The molecule has 1 aromatic carbocycles. The number of furan rings is 1. The summed E-state index contributed by atoms with van der Waals surface area (Å²) in [5.41, 5.74) is 1.07. The fourth-order valence-electron chi connectivity index (χ4n) is 3.04. The molecule has 1 aliphatic heterocycles. The number of hydrogen-bond donors (Lipinski definition) is 1. The molecule has 0 spiro atoms. The van der Waals surface area contributed by atoms with Gasteiger partial charge < -0.3 is 24.1 Å². The molecule has 0 bridgehead atoms. The Kier molecular flexibility index (Phi) is 5.46. The summed E-state index contributed by atoms with van der Waals surface area (Å²) in [7, 11) is 3.09. The second kappa shape index (κ2) is 7.95. The van der Waals surface area contributed by atoms with Crippen LogP contribution >= 0.6 is 0 Å². The highest BCUT2D eigenvalue weighted by atomic mass is 16.5. The van der Waals surface area contributed by atoms with E-state index in [0.29, 0.717) is 48.6 Å². The van der Waals surface area contributed by atoms with Gasteiger partial charge in [-0.1, -0.05) is 0 Å². The average Bonchev–Trinajstić information content (AvgIpc) is 3.22. The van der Waals surface area contributed by atoms with E-state index in [9.17, 15) is 9.59 Å². The number of hydrogen-bond acceptors (Lipinski definition) is 5. The van der Waals surface area contributed by atoms with Crippen molar-refractivity contribution in [2.45, 2.75) is 18.9 Å². The van der Waals surface area contributed by atoms with Crippen LogP contribution < -0.4 is 14.8 Å². The molecular weight excluding hydrogens is 336 g/mol. The number of carbonyl (C=O) groups is 2. The molecule has 0 atom stereocenters. The van der Waals surface area contributed by atoms with E-state index in [1.54, 1.807) is 36.3 Å². The summed E-state index contributed by atoms with van der Waals surface area (Å²) >= 11 is 0. The Hall–Kier alpha value is -2.96. The minimum Gasteiger partial charge on any atom is -0.493 e. The second-order valence-corrected chi connectivity index (χ2v) is 6.12. The molecule has 138 valence electrons. The summed E-state index contributed by atoms with van der Waals surface area (Å²) in [5.74, 6) is 0.893. The van der Waals surface area contributed by atoms with E-state index >= 15 is 0 Å². The van der Waals surface area contributed by atoms with Crippen molar-refractivity contribution in [3.8, 4) is 11.5 Å². The third-order valence-corrected chi connectivity index (χ3v) is 4.53. The van der Waals surface area contributed by atoms with Gasteiger partial charge in [-0.3, -0.25) is 9.59 Å². The van der Waals surface area contributed by atoms with Gasteiger partial charge in [-0.25, -0.2) is 0 Å². The van der Waals surface area contributed by atoms with Gasteiger partial charge in [-0.15, -0.1) is 0 Å². The number of nitrogens with one attached hydrogen (secondary N) is 1. The lowest BCUT2D eigenvalue weighted by Crippen LogP contribution is -2.46. The first kappa shape index (κ1) is 17.8. The Bertz CT molecular complexity index is 764. The van der Waals surface area contributed by atoms with Crippen molar-refractivity contribution in [3.63, 3.8) is 0 Å². The molecule has 0 aliphatic carbocycles. The highest BCUT2D eigenvalue weighted by Gasteiger charge is 2.25. The van der Waals surface area contributed by atoms with Crippen LogP contribution in [0.15, 0.2) is 41.2 Å². The number of piperidine rings is 1. The molecule has 1 N–H and O–H groups in total. The van der Waals surface area contributed by atoms with E-state index < -0.39 is 0 Å². The Balaban J connectivity index is 1.56. The molecule has 1 aromatic heterocycles. The van der Waals surface area contributed by atoms with Gasteiger partial charge in [-0.2, -0.15) is 0 Å². The zero-order chi connectivity index (χ0) is 18.5. The van der Waals surface area contributed by atoms with Gasteiger partial charge >= 0.3 is 0 Å². The quantitative estimate of drug-likeness (QED) is 0.887. The third-order valence-electron chi connectivity index (χ3n) is 4.53. The largest absolute Gasteiger partial charge is 0.493 e. The van der Waals surface area contributed by atoms with Gasteiger partial charge in [0.2, 0.25) is 0 Å². The number of benzene rings is 1. The molecule has 2 aromatic rings. The van der Waals surface area contributed by atoms with Crippen molar-refractivity contribution < 1.29 is 23.5 Å². The molecule has 0 saturated carbocycles. The van der Waals surface area contributed by atoms with Crippen LogP contribution in [0.2, 0.25) is 0 Å². The lowest BCUT2D eigenvalue weighted by Gasteiger charge is -2.32. The minimum atomic E-state index is -0.162. The molecule has 1 saturated heterocycles. The van der Waals surface area contributed by atoms with E-state index in [1.807, 2.05) is 0 Å². The predicted molar refractivity (Wildman–Crippen MR) is 94.6 cm³/mol. The van der Waals surface area contributed by atoms with Crippen LogP contribution in [0.3, 0.4) is 0 Å². The summed E-state index contributed by atoms with van der Waals surface area (Å²) in [5, 5.41) is 3.03. The number of amides is 2. The highest BCUT2D eigenvalue weighted by Crippen LogP contribution is 2.27. The van der Waals surface area contributed by atoms with E-state index in [0.717, 1.165) is 0 Å². The summed E-state index contributed by atoms with van der Waals surface area (Å²) in [4.78, 5) is 26.6. The molecule has 1 fully saturated rings. The lowest BCUT2D eigenvalue weighted by atomic mass is 10.0. The standard InChI is InChI=1S/C19H22N2O5/c1-24-16-4-3-13(11-17(16)25-2)18(22)20-15-5-8-21(9-6-15)19(23)14-7-10-26-12-14/h3-4,7,10-12,15H,5-6,8-9H2,1-2H3,(H,20,22). The van der Waals surface area contributed by atoms with Crippen LogP contribution in [-0.4, -0.2) is 50.1 Å². The summed E-state index contributed by atoms with van der Waals surface area (Å²) in [6.07, 6.45) is 4.36. The van der Waals surface area contributed by atoms with E-state index in [4.69, 9.17) is 13.9 Å². The van der Waals surface area contributed by atoms with Crippen molar-refractivity contribution in [2.75, 3.05) is 27.3 Å². The zero-order valence-electron chi connectivity index (χ0n) is 14.9. The fraction of sp³-hybridized carbons (Fsp3) is 0.368. The maximum atomic E-state index is 12.5. The molecule has 0 unspecified atom stereocenters. The predicted octanol–water partition coefficient (Wildman–Crippen LogP) is 2.33. The minimum absolute atomic E-state index is 0.0315. The van der Waals surface area contributed by atoms with Gasteiger partial charge in [0.25, 0.3) is 11.8 Å². The summed E-state index contributed by atoms with van der Waals surface area (Å²) in [6.45, 7) is 1.20. The maximum absolute atomic E-state index is 12.5. The van der Waals surface area contributed by atoms with Crippen molar-refractivity contribution in [3.05, 3.63) is 47.9 Å². The second-order valence-electron chi connectivity index (χ2n) is 6.12. The number of methoxy groups -OCH3 is 2. The van der Waals surface area contributed by atoms with Crippen molar-refractivity contribution in [1.29, 1.82) is 0 Å².